The lowest BCUT2D eigenvalue weighted by atomic mass is 10.1. The standard InChI is InChI=1S/C21H24N6OS/c1-12-9-14(3)27(24-12)11-13(2)22-21(28)16-10-17(18-7-6-8-29-18)23-20-19(16)15(4)25-26(20)5/h6-10,13H,11H2,1-5H3,(H,22,28)/t13-/m1/s1. The van der Waals surface area contributed by atoms with E-state index in [0.29, 0.717) is 17.8 Å². The number of nitrogens with zero attached hydrogens (tertiary/aromatic N) is 5. The van der Waals surface area contributed by atoms with Crippen LogP contribution in [-0.2, 0) is 13.6 Å². The van der Waals surface area contributed by atoms with Gasteiger partial charge in [-0.1, -0.05) is 6.07 Å². The molecule has 4 rings (SSSR count). The van der Waals surface area contributed by atoms with Gasteiger partial charge in [-0.15, -0.1) is 11.3 Å². The highest BCUT2D eigenvalue weighted by Crippen LogP contribution is 2.29. The first-order chi connectivity index (χ1) is 13.8. The molecule has 4 aromatic rings. The molecule has 7 nitrogen and oxygen atoms in total. The van der Waals surface area contributed by atoms with Crippen molar-refractivity contribution in [1.82, 2.24) is 29.9 Å². The molecule has 4 heterocycles. The number of carbonyl (C=O) groups is 1. The Morgan fingerprint density at radius 1 is 1.24 bits per heavy atom. The third kappa shape index (κ3) is 3.67. The van der Waals surface area contributed by atoms with Crippen molar-refractivity contribution in [2.75, 3.05) is 0 Å². The fourth-order valence-corrected chi connectivity index (χ4v) is 4.33. The monoisotopic (exact) mass is 408 g/mol. The van der Waals surface area contributed by atoms with Crippen molar-refractivity contribution in [3.63, 3.8) is 0 Å². The van der Waals surface area contributed by atoms with E-state index in [9.17, 15) is 4.79 Å². The lowest BCUT2D eigenvalue weighted by Gasteiger charge is -2.16. The van der Waals surface area contributed by atoms with Gasteiger partial charge in [0.25, 0.3) is 5.91 Å². The van der Waals surface area contributed by atoms with Crippen LogP contribution in [0.2, 0.25) is 0 Å². The number of amides is 1. The molecular formula is C21H24N6OS. The topological polar surface area (TPSA) is 77.6 Å². The molecule has 1 N–H and O–H groups in total. The number of nitrogens with one attached hydrogen (secondary N) is 1. The molecule has 0 saturated heterocycles. The summed E-state index contributed by atoms with van der Waals surface area (Å²) in [6.07, 6.45) is 0. The Labute approximate surface area is 173 Å². The number of thiophene rings is 1. The molecule has 0 aliphatic rings. The highest BCUT2D eigenvalue weighted by Gasteiger charge is 2.21. The van der Waals surface area contributed by atoms with Gasteiger partial charge in [0.05, 0.1) is 39.5 Å². The van der Waals surface area contributed by atoms with Crippen LogP contribution in [0, 0.1) is 20.8 Å². The SMILES string of the molecule is Cc1cc(C)n(C[C@@H](C)NC(=O)c2cc(-c3cccs3)nc3c2c(C)nn3C)n1. The second-order valence-corrected chi connectivity index (χ2v) is 8.37. The number of pyridine rings is 1. The lowest BCUT2D eigenvalue weighted by Crippen LogP contribution is -2.36. The summed E-state index contributed by atoms with van der Waals surface area (Å²) in [5.41, 5.74) is 4.95. The maximum absolute atomic E-state index is 13.2. The minimum atomic E-state index is -0.125. The van der Waals surface area contributed by atoms with Crippen LogP contribution in [0.15, 0.2) is 29.6 Å². The molecular weight excluding hydrogens is 384 g/mol. The zero-order valence-electron chi connectivity index (χ0n) is 17.2. The summed E-state index contributed by atoms with van der Waals surface area (Å²) in [7, 11) is 1.85. The summed E-state index contributed by atoms with van der Waals surface area (Å²) in [6.45, 7) is 8.50. The normalized spacial score (nSPS) is 12.4. The van der Waals surface area contributed by atoms with Crippen molar-refractivity contribution in [3.05, 3.63) is 52.3 Å². The Hall–Kier alpha value is -3.00. The zero-order chi connectivity index (χ0) is 20.7. The van der Waals surface area contributed by atoms with Crippen LogP contribution in [0.4, 0.5) is 0 Å². The van der Waals surface area contributed by atoms with Crippen LogP contribution in [0.1, 0.15) is 34.4 Å². The second kappa shape index (κ2) is 7.44. The van der Waals surface area contributed by atoms with Crippen molar-refractivity contribution < 1.29 is 4.79 Å². The molecule has 0 aliphatic heterocycles. The molecule has 0 fully saturated rings. The average Bonchev–Trinajstić information content (AvgIpc) is 3.36. The molecule has 0 saturated carbocycles. The first kappa shape index (κ1) is 19.3. The number of hydrogen-bond acceptors (Lipinski definition) is 5. The third-order valence-electron chi connectivity index (χ3n) is 4.91. The number of hydrogen-bond donors (Lipinski definition) is 1. The van der Waals surface area contributed by atoms with E-state index in [1.165, 1.54) is 0 Å². The number of fused-ring (bicyclic) bond motifs is 1. The molecule has 0 aliphatic carbocycles. The van der Waals surface area contributed by atoms with Gasteiger partial charge in [0, 0.05) is 18.8 Å². The van der Waals surface area contributed by atoms with Gasteiger partial charge in [0.1, 0.15) is 0 Å². The number of aryl methyl sites for hydroxylation is 4. The fraction of sp³-hybridized carbons (Fsp3) is 0.333. The van der Waals surface area contributed by atoms with Crippen LogP contribution in [0.5, 0.6) is 0 Å². The zero-order valence-corrected chi connectivity index (χ0v) is 18.0. The van der Waals surface area contributed by atoms with Crippen LogP contribution < -0.4 is 5.32 Å². The average molecular weight is 409 g/mol. The minimum Gasteiger partial charge on any atom is -0.348 e. The van der Waals surface area contributed by atoms with Crippen LogP contribution in [-0.4, -0.2) is 36.5 Å². The maximum atomic E-state index is 13.2. The first-order valence-corrected chi connectivity index (χ1v) is 10.4. The van der Waals surface area contributed by atoms with Gasteiger partial charge in [-0.3, -0.25) is 14.2 Å². The minimum absolute atomic E-state index is 0.0779. The van der Waals surface area contributed by atoms with Gasteiger partial charge in [-0.2, -0.15) is 10.2 Å². The quantitative estimate of drug-likeness (QED) is 0.547. The predicted octanol–water partition coefficient (Wildman–Crippen LogP) is 3.64. The predicted molar refractivity (Wildman–Crippen MR) is 115 cm³/mol. The summed E-state index contributed by atoms with van der Waals surface area (Å²) in [4.78, 5) is 19.0. The number of rotatable bonds is 5. The summed E-state index contributed by atoms with van der Waals surface area (Å²) in [6, 6.07) is 7.82. The summed E-state index contributed by atoms with van der Waals surface area (Å²) in [5.74, 6) is -0.125. The van der Waals surface area contributed by atoms with E-state index < -0.39 is 0 Å². The molecule has 8 heteroatoms. The van der Waals surface area contributed by atoms with E-state index in [1.54, 1.807) is 16.0 Å². The van der Waals surface area contributed by atoms with Gasteiger partial charge in [-0.05, 0) is 51.3 Å². The molecule has 0 spiro atoms. The Morgan fingerprint density at radius 2 is 2.03 bits per heavy atom. The van der Waals surface area contributed by atoms with E-state index in [0.717, 1.165) is 33.0 Å². The molecule has 29 heavy (non-hydrogen) atoms. The summed E-state index contributed by atoms with van der Waals surface area (Å²) in [5, 5.41) is 14.9. The lowest BCUT2D eigenvalue weighted by molar-refractivity contribution is 0.0937. The molecule has 0 unspecified atom stereocenters. The smallest absolute Gasteiger partial charge is 0.252 e. The van der Waals surface area contributed by atoms with Crippen LogP contribution >= 0.6 is 11.3 Å². The maximum Gasteiger partial charge on any atom is 0.252 e. The van der Waals surface area contributed by atoms with E-state index in [2.05, 4.69) is 15.5 Å². The highest BCUT2D eigenvalue weighted by atomic mass is 32.1. The van der Waals surface area contributed by atoms with E-state index in [4.69, 9.17) is 4.98 Å². The highest BCUT2D eigenvalue weighted by molar-refractivity contribution is 7.13. The summed E-state index contributed by atoms with van der Waals surface area (Å²) >= 11 is 1.60. The van der Waals surface area contributed by atoms with Crippen LogP contribution in [0.25, 0.3) is 21.6 Å². The summed E-state index contributed by atoms with van der Waals surface area (Å²) < 4.78 is 3.66. The fourth-order valence-electron chi connectivity index (χ4n) is 3.64. The van der Waals surface area contributed by atoms with Crippen molar-refractivity contribution in [1.29, 1.82) is 0 Å². The van der Waals surface area contributed by atoms with Crippen molar-refractivity contribution in [2.24, 2.45) is 7.05 Å². The molecule has 4 aromatic heterocycles. The van der Waals surface area contributed by atoms with E-state index >= 15 is 0 Å². The number of carbonyl (C=O) groups excluding carboxylic acids is 1. The van der Waals surface area contributed by atoms with Gasteiger partial charge >= 0.3 is 0 Å². The Balaban J connectivity index is 1.68. The van der Waals surface area contributed by atoms with Gasteiger partial charge in [0.2, 0.25) is 0 Å². The Kier molecular flexibility index (Phi) is 4.96. The molecule has 1 amide bonds. The van der Waals surface area contributed by atoms with Crippen molar-refractivity contribution in [2.45, 2.75) is 40.3 Å². The molecule has 0 radical (unpaired) electrons. The van der Waals surface area contributed by atoms with Gasteiger partial charge < -0.3 is 5.32 Å². The van der Waals surface area contributed by atoms with Crippen LogP contribution in [0.3, 0.4) is 0 Å². The Morgan fingerprint density at radius 3 is 2.69 bits per heavy atom. The van der Waals surface area contributed by atoms with Crippen molar-refractivity contribution >= 4 is 28.3 Å². The molecule has 150 valence electrons. The Bertz CT molecular complexity index is 1190. The van der Waals surface area contributed by atoms with Crippen molar-refractivity contribution in [3.8, 4) is 10.6 Å². The largest absolute Gasteiger partial charge is 0.348 e. The second-order valence-electron chi connectivity index (χ2n) is 7.42. The molecule has 0 aromatic carbocycles. The van der Waals surface area contributed by atoms with E-state index in [1.807, 2.05) is 69.1 Å². The molecule has 0 bridgehead atoms. The first-order valence-electron chi connectivity index (χ1n) is 9.53. The van der Waals surface area contributed by atoms with Gasteiger partial charge in [0.15, 0.2) is 5.65 Å². The third-order valence-corrected chi connectivity index (χ3v) is 5.81. The molecule has 1 atom stereocenters. The van der Waals surface area contributed by atoms with E-state index in [-0.39, 0.29) is 11.9 Å². The van der Waals surface area contributed by atoms with Gasteiger partial charge in [-0.25, -0.2) is 4.98 Å². The number of aromatic nitrogens is 5.